The SMILES string of the molecule is O=C(Cc1coc(-c2ccccc2)n1)NC[C@H]1CN(Cc2ccc(F)c(F)c2)CCO1. The minimum Gasteiger partial charge on any atom is -0.444 e. The molecule has 1 aromatic heterocycles. The monoisotopic (exact) mass is 427 g/mol. The van der Waals surface area contributed by atoms with Crippen molar-refractivity contribution < 1.29 is 22.7 Å². The van der Waals surface area contributed by atoms with Crippen LogP contribution in [0.1, 0.15) is 11.3 Å². The van der Waals surface area contributed by atoms with Crippen molar-refractivity contribution in [2.24, 2.45) is 0 Å². The Kier molecular flexibility index (Phi) is 6.69. The topological polar surface area (TPSA) is 67.6 Å². The van der Waals surface area contributed by atoms with Crippen LogP contribution in [-0.2, 0) is 22.5 Å². The number of amides is 1. The molecule has 1 saturated heterocycles. The first-order valence-corrected chi connectivity index (χ1v) is 10.1. The van der Waals surface area contributed by atoms with E-state index in [1.165, 1.54) is 12.3 Å². The van der Waals surface area contributed by atoms with Gasteiger partial charge in [0, 0.05) is 31.7 Å². The summed E-state index contributed by atoms with van der Waals surface area (Å²) < 4.78 is 37.7. The predicted octanol–water partition coefficient (Wildman–Crippen LogP) is 3.18. The minimum absolute atomic E-state index is 0.113. The van der Waals surface area contributed by atoms with Gasteiger partial charge in [0.05, 0.1) is 24.8 Å². The smallest absolute Gasteiger partial charge is 0.226 e. The number of oxazole rings is 1. The van der Waals surface area contributed by atoms with Crippen LogP contribution in [-0.4, -0.2) is 48.1 Å². The van der Waals surface area contributed by atoms with E-state index in [-0.39, 0.29) is 18.4 Å². The lowest BCUT2D eigenvalue weighted by Gasteiger charge is -2.33. The van der Waals surface area contributed by atoms with Crippen LogP contribution in [0.4, 0.5) is 8.78 Å². The second kappa shape index (κ2) is 9.80. The van der Waals surface area contributed by atoms with Gasteiger partial charge in [0.1, 0.15) is 6.26 Å². The van der Waals surface area contributed by atoms with E-state index in [0.717, 1.165) is 11.6 Å². The molecule has 31 heavy (non-hydrogen) atoms. The van der Waals surface area contributed by atoms with Crippen LogP contribution in [0.5, 0.6) is 0 Å². The Hall–Kier alpha value is -3.10. The summed E-state index contributed by atoms with van der Waals surface area (Å²) in [5, 5.41) is 2.87. The summed E-state index contributed by atoms with van der Waals surface area (Å²) >= 11 is 0. The maximum Gasteiger partial charge on any atom is 0.226 e. The molecular weight excluding hydrogens is 404 g/mol. The second-order valence-electron chi connectivity index (χ2n) is 7.47. The molecule has 2 heterocycles. The highest BCUT2D eigenvalue weighted by molar-refractivity contribution is 5.78. The van der Waals surface area contributed by atoms with E-state index < -0.39 is 11.6 Å². The predicted molar refractivity (Wildman–Crippen MR) is 110 cm³/mol. The van der Waals surface area contributed by atoms with Gasteiger partial charge in [-0.3, -0.25) is 9.69 Å². The van der Waals surface area contributed by atoms with Crippen molar-refractivity contribution in [2.45, 2.75) is 19.1 Å². The molecule has 0 aliphatic carbocycles. The van der Waals surface area contributed by atoms with Gasteiger partial charge in [-0.2, -0.15) is 0 Å². The second-order valence-corrected chi connectivity index (χ2v) is 7.47. The highest BCUT2D eigenvalue weighted by Gasteiger charge is 2.22. The molecule has 1 N–H and O–H groups in total. The quantitative estimate of drug-likeness (QED) is 0.627. The van der Waals surface area contributed by atoms with E-state index in [9.17, 15) is 13.6 Å². The van der Waals surface area contributed by atoms with Gasteiger partial charge in [0.2, 0.25) is 11.8 Å². The molecule has 1 fully saturated rings. The van der Waals surface area contributed by atoms with Crippen LogP contribution in [0.15, 0.2) is 59.2 Å². The molecule has 1 amide bonds. The summed E-state index contributed by atoms with van der Waals surface area (Å²) in [6, 6.07) is 13.4. The summed E-state index contributed by atoms with van der Waals surface area (Å²) in [6.07, 6.45) is 1.42. The zero-order chi connectivity index (χ0) is 21.6. The first-order chi connectivity index (χ1) is 15.1. The number of nitrogens with one attached hydrogen (secondary N) is 1. The van der Waals surface area contributed by atoms with Crippen molar-refractivity contribution in [3.05, 3.63) is 77.7 Å². The highest BCUT2D eigenvalue weighted by atomic mass is 19.2. The van der Waals surface area contributed by atoms with Crippen LogP contribution in [0.25, 0.3) is 11.5 Å². The molecule has 162 valence electrons. The van der Waals surface area contributed by atoms with Gasteiger partial charge in [-0.25, -0.2) is 13.8 Å². The Morgan fingerprint density at radius 3 is 2.81 bits per heavy atom. The number of carbonyl (C=O) groups excluding carboxylic acids is 1. The fourth-order valence-corrected chi connectivity index (χ4v) is 3.50. The zero-order valence-corrected chi connectivity index (χ0v) is 16.9. The van der Waals surface area contributed by atoms with Gasteiger partial charge in [0.25, 0.3) is 0 Å². The van der Waals surface area contributed by atoms with Crippen molar-refractivity contribution in [1.29, 1.82) is 0 Å². The van der Waals surface area contributed by atoms with E-state index >= 15 is 0 Å². The molecular formula is C23H23F2N3O3. The third-order valence-electron chi connectivity index (χ3n) is 5.05. The average molecular weight is 427 g/mol. The van der Waals surface area contributed by atoms with Crippen LogP contribution < -0.4 is 5.32 Å². The molecule has 8 heteroatoms. The lowest BCUT2D eigenvalue weighted by molar-refractivity contribution is -0.121. The highest BCUT2D eigenvalue weighted by Crippen LogP contribution is 2.18. The number of hydrogen-bond acceptors (Lipinski definition) is 5. The molecule has 4 rings (SSSR count). The first-order valence-electron chi connectivity index (χ1n) is 10.1. The lowest BCUT2D eigenvalue weighted by atomic mass is 10.1. The Balaban J connectivity index is 1.24. The number of nitrogens with zero attached hydrogens (tertiary/aromatic N) is 2. The maximum atomic E-state index is 13.4. The Bertz CT molecular complexity index is 1030. The van der Waals surface area contributed by atoms with Gasteiger partial charge in [-0.15, -0.1) is 0 Å². The number of morpholine rings is 1. The molecule has 2 aromatic carbocycles. The van der Waals surface area contributed by atoms with Gasteiger partial charge in [-0.1, -0.05) is 24.3 Å². The van der Waals surface area contributed by atoms with E-state index in [0.29, 0.717) is 49.9 Å². The van der Waals surface area contributed by atoms with E-state index in [1.807, 2.05) is 30.3 Å². The van der Waals surface area contributed by atoms with Crippen LogP contribution >= 0.6 is 0 Å². The van der Waals surface area contributed by atoms with Crippen molar-refractivity contribution in [3.63, 3.8) is 0 Å². The molecule has 0 unspecified atom stereocenters. The molecule has 1 aliphatic rings. The van der Waals surface area contributed by atoms with Crippen molar-refractivity contribution >= 4 is 5.91 Å². The minimum atomic E-state index is -0.852. The normalized spacial score (nSPS) is 16.9. The van der Waals surface area contributed by atoms with E-state index in [2.05, 4.69) is 15.2 Å². The summed E-state index contributed by atoms with van der Waals surface area (Å²) in [4.78, 5) is 18.8. The Labute approximate surface area is 178 Å². The molecule has 6 nitrogen and oxygen atoms in total. The van der Waals surface area contributed by atoms with Crippen molar-refractivity contribution in [2.75, 3.05) is 26.2 Å². The number of halogens is 2. The van der Waals surface area contributed by atoms with Crippen LogP contribution in [0.3, 0.4) is 0 Å². The zero-order valence-electron chi connectivity index (χ0n) is 16.9. The van der Waals surface area contributed by atoms with E-state index in [4.69, 9.17) is 9.15 Å². The van der Waals surface area contributed by atoms with Gasteiger partial charge < -0.3 is 14.5 Å². The average Bonchev–Trinajstić information content (AvgIpc) is 3.24. The summed E-state index contributed by atoms with van der Waals surface area (Å²) in [6.45, 7) is 2.63. The molecule has 1 aliphatic heterocycles. The largest absolute Gasteiger partial charge is 0.444 e. The molecule has 0 spiro atoms. The third-order valence-corrected chi connectivity index (χ3v) is 5.05. The number of benzene rings is 2. The third kappa shape index (κ3) is 5.74. The Morgan fingerprint density at radius 2 is 2.00 bits per heavy atom. The summed E-state index contributed by atoms with van der Waals surface area (Å²) in [5.74, 6) is -1.40. The lowest BCUT2D eigenvalue weighted by Crippen LogP contribution is -2.47. The van der Waals surface area contributed by atoms with Crippen LogP contribution in [0, 0.1) is 11.6 Å². The molecule has 1 atom stereocenters. The molecule has 3 aromatic rings. The van der Waals surface area contributed by atoms with E-state index in [1.54, 1.807) is 6.07 Å². The van der Waals surface area contributed by atoms with Gasteiger partial charge in [0.15, 0.2) is 11.6 Å². The number of ether oxygens (including phenoxy) is 1. The number of aromatic nitrogens is 1. The molecule has 0 bridgehead atoms. The standard InChI is InChI=1S/C23H23F2N3O3/c24-20-7-6-16(10-21(20)25)13-28-8-9-30-19(14-28)12-26-22(29)11-18-15-31-23(27-18)17-4-2-1-3-5-17/h1-7,10,15,19H,8-9,11-14H2,(H,26,29)/t19-/m0/s1. The molecule has 0 saturated carbocycles. The number of rotatable bonds is 7. The molecule has 0 radical (unpaired) electrons. The van der Waals surface area contributed by atoms with Crippen molar-refractivity contribution in [1.82, 2.24) is 15.2 Å². The first kappa shape index (κ1) is 21.1. The number of carbonyl (C=O) groups is 1. The fraction of sp³-hybridized carbons (Fsp3) is 0.304. The van der Waals surface area contributed by atoms with Gasteiger partial charge >= 0.3 is 0 Å². The summed E-state index contributed by atoms with van der Waals surface area (Å²) in [7, 11) is 0. The van der Waals surface area contributed by atoms with Gasteiger partial charge in [-0.05, 0) is 29.8 Å². The maximum absolute atomic E-state index is 13.4. The Morgan fingerprint density at radius 1 is 1.16 bits per heavy atom. The van der Waals surface area contributed by atoms with Crippen molar-refractivity contribution in [3.8, 4) is 11.5 Å². The fourth-order valence-electron chi connectivity index (χ4n) is 3.50. The summed E-state index contributed by atoms with van der Waals surface area (Å²) in [5.41, 5.74) is 2.11. The van der Waals surface area contributed by atoms with Crippen LogP contribution in [0.2, 0.25) is 0 Å². The number of hydrogen-bond donors (Lipinski definition) is 1.